The summed E-state index contributed by atoms with van der Waals surface area (Å²) in [5.41, 5.74) is 0.657. The number of rotatable bonds is 6. The molecule has 1 N–H and O–H groups in total. The molecule has 0 aliphatic carbocycles. The number of benzene rings is 2. The quantitative estimate of drug-likeness (QED) is 0.739. The van der Waals surface area contributed by atoms with E-state index in [1.807, 2.05) is 0 Å². The molecular weight excluding hydrogens is 392 g/mol. The van der Waals surface area contributed by atoms with E-state index in [2.05, 4.69) is 5.32 Å². The van der Waals surface area contributed by atoms with Gasteiger partial charge in [0.15, 0.2) is 6.10 Å². The molecule has 0 saturated heterocycles. The maximum atomic E-state index is 12.2. The van der Waals surface area contributed by atoms with Gasteiger partial charge >= 0.3 is 5.97 Å². The van der Waals surface area contributed by atoms with Crippen LogP contribution in [0.4, 0.5) is 5.69 Å². The smallest absolute Gasteiger partial charge is 0.338 e. The number of anilines is 1. The van der Waals surface area contributed by atoms with Crippen LogP contribution in [-0.4, -0.2) is 44.8 Å². The largest absolute Gasteiger partial charge is 0.449 e. The van der Waals surface area contributed by atoms with Gasteiger partial charge in [0.2, 0.25) is 10.0 Å². The van der Waals surface area contributed by atoms with Gasteiger partial charge in [-0.05, 0) is 55.5 Å². The molecular formula is C18H19ClN2O5S. The third kappa shape index (κ3) is 5.29. The van der Waals surface area contributed by atoms with E-state index in [4.69, 9.17) is 16.3 Å². The zero-order valence-corrected chi connectivity index (χ0v) is 16.5. The topological polar surface area (TPSA) is 92.8 Å². The fraction of sp³-hybridized carbons (Fsp3) is 0.222. The Bertz CT molecular complexity index is 925. The van der Waals surface area contributed by atoms with Gasteiger partial charge in [0.25, 0.3) is 5.91 Å². The highest BCUT2D eigenvalue weighted by atomic mass is 35.5. The van der Waals surface area contributed by atoms with E-state index in [1.54, 1.807) is 24.3 Å². The zero-order valence-electron chi connectivity index (χ0n) is 15.0. The Morgan fingerprint density at radius 2 is 1.59 bits per heavy atom. The average molecular weight is 411 g/mol. The highest BCUT2D eigenvalue weighted by Crippen LogP contribution is 2.16. The molecule has 1 amide bonds. The number of amides is 1. The lowest BCUT2D eigenvalue weighted by atomic mass is 10.2. The predicted molar refractivity (Wildman–Crippen MR) is 102 cm³/mol. The van der Waals surface area contributed by atoms with Gasteiger partial charge in [-0.25, -0.2) is 17.5 Å². The molecule has 144 valence electrons. The Balaban J connectivity index is 2.01. The normalized spacial score (nSPS) is 12.5. The maximum absolute atomic E-state index is 12.2. The summed E-state index contributed by atoms with van der Waals surface area (Å²) in [6.45, 7) is 1.44. The van der Waals surface area contributed by atoms with E-state index in [0.717, 1.165) is 4.31 Å². The molecule has 1 atom stereocenters. The van der Waals surface area contributed by atoms with Crippen LogP contribution in [-0.2, 0) is 19.6 Å². The summed E-state index contributed by atoms with van der Waals surface area (Å²) in [5, 5.41) is 3.14. The Kier molecular flexibility index (Phi) is 6.59. The number of carbonyl (C=O) groups excluding carboxylic acids is 2. The van der Waals surface area contributed by atoms with Gasteiger partial charge in [0.05, 0.1) is 10.5 Å². The van der Waals surface area contributed by atoms with Crippen LogP contribution in [0.2, 0.25) is 5.02 Å². The first-order valence-corrected chi connectivity index (χ1v) is 9.73. The number of ether oxygens (including phenoxy) is 1. The van der Waals surface area contributed by atoms with E-state index in [9.17, 15) is 18.0 Å². The lowest BCUT2D eigenvalue weighted by Crippen LogP contribution is -2.30. The van der Waals surface area contributed by atoms with Crippen molar-refractivity contribution in [2.45, 2.75) is 17.9 Å². The van der Waals surface area contributed by atoms with E-state index >= 15 is 0 Å². The van der Waals surface area contributed by atoms with E-state index in [-0.39, 0.29) is 10.5 Å². The molecule has 2 aromatic rings. The molecule has 0 spiro atoms. The average Bonchev–Trinajstić information content (AvgIpc) is 2.63. The first-order chi connectivity index (χ1) is 12.6. The number of hydrogen-bond acceptors (Lipinski definition) is 5. The molecule has 0 bridgehead atoms. The van der Waals surface area contributed by atoms with Crippen molar-refractivity contribution in [1.82, 2.24) is 4.31 Å². The van der Waals surface area contributed by atoms with Gasteiger partial charge in [0.1, 0.15) is 0 Å². The van der Waals surface area contributed by atoms with Crippen molar-refractivity contribution in [2.75, 3.05) is 19.4 Å². The standard InChI is InChI=1S/C18H19ClN2O5S/c1-12(17(22)20-15-8-6-14(19)7-9-15)26-18(23)13-4-10-16(11-5-13)27(24,25)21(2)3/h4-12H,1-3H3,(H,20,22). The molecule has 7 nitrogen and oxygen atoms in total. The summed E-state index contributed by atoms with van der Waals surface area (Å²) < 4.78 is 30.2. The monoisotopic (exact) mass is 410 g/mol. The lowest BCUT2D eigenvalue weighted by Gasteiger charge is -2.14. The number of carbonyl (C=O) groups is 2. The summed E-state index contributed by atoms with van der Waals surface area (Å²) in [5.74, 6) is -1.24. The molecule has 27 heavy (non-hydrogen) atoms. The van der Waals surface area contributed by atoms with Crippen LogP contribution in [0, 0.1) is 0 Å². The zero-order chi connectivity index (χ0) is 20.2. The first kappa shape index (κ1) is 20.9. The molecule has 2 aromatic carbocycles. The molecule has 9 heteroatoms. The molecule has 0 aliphatic rings. The van der Waals surface area contributed by atoms with E-state index < -0.39 is 28.0 Å². The van der Waals surface area contributed by atoms with Crippen LogP contribution in [0.5, 0.6) is 0 Å². The minimum Gasteiger partial charge on any atom is -0.449 e. The van der Waals surface area contributed by atoms with Crippen LogP contribution in [0.15, 0.2) is 53.4 Å². The van der Waals surface area contributed by atoms with Gasteiger partial charge in [0, 0.05) is 24.8 Å². The SMILES string of the molecule is CC(OC(=O)c1ccc(S(=O)(=O)N(C)C)cc1)C(=O)Nc1ccc(Cl)cc1. The van der Waals surface area contributed by atoms with Crippen molar-refractivity contribution in [1.29, 1.82) is 0 Å². The molecule has 0 fully saturated rings. The molecule has 0 aromatic heterocycles. The Morgan fingerprint density at radius 3 is 2.11 bits per heavy atom. The molecule has 2 rings (SSSR count). The molecule has 0 saturated carbocycles. The van der Waals surface area contributed by atoms with Crippen LogP contribution in [0.25, 0.3) is 0 Å². The second-order valence-electron chi connectivity index (χ2n) is 5.86. The first-order valence-electron chi connectivity index (χ1n) is 7.91. The number of nitrogens with zero attached hydrogens (tertiary/aromatic N) is 1. The third-order valence-corrected chi connectivity index (χ3v) is 5.71. The van der Waals surface area contributed by atoms with E-state index in [0.29, 0.717) is 10.7 Å². The van der Waals surface area contributed by atoms with Crippen molar-refractivity contribution in [3.8, 4) is 0 Å². The third-order valence-electron chi connectivity index (χ3n) is 3.63. The number of sulfonamides is 1. The van der Waals surface area contributed by atoms with Gasteiger partial charge < -0.3 is 10.1 Å². The summed E-state index contributed by atoms with van der Waals surface area (Å²) in [6, 6.07) is 11.8. The fourth-order valence-corrected chi connectivity index (χ4v) is 3.06. The van der Waals surface area contributed by atoms with Gasteiger partial charge in [-0.15, -0.1) is 0 Å². The van der Waals surface area contributed by atoms with Crippen LogP contribution in [0.1, 0.15) is 17.3 Å². The minimum atomic E-state index is -3.59. The molecule has 1 unspecified atom stereocenters. The second kappa shape index (κ2) is 8.51. The van der Waals surface area contributed by atoms with Crippen molar-refractivity contribution >= 4 is 39.2 Å². The van der Waals surface area contributed by atoms with Gasteiger partial charge in [-0.3, -0.25) is 4.79 Å². The summed E-state index contributed by atoms with van der Waals surface area (Å²) >= 11 is 5.78. The molecule has 0 aliphatic heterocycles. The number of nitrogens with one attached hydrogen (secondary N) is 1. The summed E-state index contributed by atoms with van der Waals surface area (Å²) in [6.07, 6.45) is -1.04. The van der Waals surface area contributed by atoms with Crippen LogP contribution in [0.3, 0.4) is 0 Å². The number of esters is 1. The lowest BCUT2D eigenvalue weighted by molar-refractivity contribution is -0.123. The number of halogens is 1. The van der Waals surface area contributed by atoms with Crippen molar-refractivity contribution < 1.29 is 22.7 Å². The fourth-order valence-electron chi connectivity index (χ4n) is 2.03. The Morgan fingerprint density at radius 1 is 1.04 bits per heavy atom. The van der Waals surface area contributed by atoms with Crippen molar-refractivity contribution in [3.05, 3.63) is 59.1 Å². The van der Waals surface area contributed by atoms with Crippen LogP contribution >= 0.6 is 11.6 Å². The number of hydrogen-bond donors (Lipinski definition) is 1. The van der Waals surface area contributed by atoms with E-state index in [1.165, 1.54) is 45.3 Å². The molecule has 0 heterocycles. The highest BCUT2D eigenvalue weighted by molar-refractivity contribution is 7.89. The van der Waals surface area contributed by atoms with Crippen molar-refractivity contribution in [2.24, 2.45) is 0 Å². The Labute approximate surface area is 162 Å². The summed E-state index contributed by atoms with van der Waals surface area (Å²) in [4.78, 5) is 24.3. The second-order valence-corrected chi connectivity index (χ2v) is 8.44. The molecule has 0 radical (unpaired) electrons. The summed E-state index contributed by atoms with van der Waals surface area (Å²) in [7, 11) is -0.756. The predicted octanol–water partition coefficient (Wildman–Crippen LogP) is 2.77. The van der Waals surface area contributed by atoms with Gasteiger partial charge in [-0.1, -0.05) is 11.6 Å². The van der Waals surface area contributed by atoms with Crippen molar-refractivity contribution in [3.63, 3.8) is 0 Å². The van der Waals surface area contributed by atoms with Crippen LogP contribution < -0.4 is 5.32 Å². The maximum Gasteiger partial charge on any atom is 0.338 e. The highest BCUT2D eigenvalue weighted by Gasteiger charge is 2.21. The van der Waals surface area contributed by atoms with Gasteiger partial charge in [-0.2, -0.15) is 0 Å². The Hall–Kier alpha value is -2.42. The minimum absolute atomic E-state index is 0.0533.